The first-order valence-corrected chi connectivity index (χ1v) is 12.3. The Bertz CT molecular complexity index is 909. The number of carbonyl (C=O) groups excluding carboxylic acids is 2. The van der Waals surface area contributed by atoms with E-state index in [1.165, 1.54) is 37.8 Å². The molecule has 1 saturated heterocycles. The number of urea groups is 1. The Labute approximate surface area is 197 Å². The van der Waals surface area contributed by atoms with Crippen LogP contribution in [0.2, 0.25) is 0 Å². The van der Waals surface area contributed by atoms with Gasteiger partial charge < -0.3 is 20.4 Å². The number of carbonyl (C=O) groups is 2. The lowest BCUT2D eigenvalue weighted by Gasteiger charge is -2.33. The summed E-state index contributed by atoms with van der Waals surface area (Å²) in [6.07, 6.45) is 8.21. The van der Waals surface area contributed by atoms with Crippen LogP contribution >= 0.6 is 0 Å². The highest BCUT2D eigenvalue weighted by molar-refractivity contribution is 5.90. The minimum absolute atomic E-state index is 0.0237. The molecule has 0 spiro atoms. The van der Waals surface area contributed by atoms with Crippen molar-refractivity contribution in [3.63, 3.8) is 0 Å². The number of nitrogens with zero attached hydrogens (tertiary/aromatic N) is 2. The van der Waals surface area contributed by atoms with Crippen molar-refractivity contribution in [2.24, 2.45) is 5.92 Å². The summed E-state index contributed by atoms with van der Waals surface area (Å²) in [5, 5.41) is 6.00. The molecule has 2 aliphatic rings. The van der Waals surface area contributed by atoms with Crippen molar-refractivity contribution >= 4 is 23.3 Å². The Morgan fingerprint density at radius 2 is 1.67 bits per heavy atom. The van der Waals surface area contributed by atoms with Gasteiger partial charge in [-0.05, 0) is 55.5 Å². The molecule has 176 valence electrons. The first kappa shape index (κ1) is 23.1. The normalized spacial score (nSPS) is 19.1. The molecule has 1 saturated carbocycles. The molecular formula is C27H36N4O2. The zero-order valence-corrected chi connectivity index (χ0v) is 19.6. The summed E-state index contributed by atoms with van der Waals surface area (Å²) in [6.45, 7) is 1.65. The molecule has 0 aromatic heterocycles. The third-order valence-electron chi connectivity index (χ3n) is 7.04. The average molecular weight is 449 g/mol. The van der Waals surface area contributed by atoms with Crippen molar-refractivity contribution in [2.45, 2.75) is 57.5 Å². The van der Waals surface area contributed by atoms with E-state index in [2.05, 4.69) is 46.8 Å². The number of hydrogen-bond acceptors (Lipinski definition) is 3. The van der Waals surface area contributed by atoms with Gasteiger partial charge in [0.1, 0.15) is 0 Å². The molecule has 2 fully saturated rings. The molecule has 33 heavy (non-hydrogen) atoms. The van der Waals surface area contributed by atoms with Crippen LogP contribution < -0.4 is 15.5 Å². The standard InChI is InChI=1S/C27H36N4O2/c1-30(24-12-6-3-7-13-24)25-16-14-21(15-17-25)19-28-26(32)22-9-8-18-31(20-22)27(33)29-23-10-4-2-5-11-23/h2,4-5,10-11,14-17,22,24H,3,6-9,12-13,18-20H2,1H3,(H,28,32)(H,29,33). The third-order valence-corrected chi connectivity index (χ3v) is 7.04. The first-order chi connectivity index (χ1) is 16.1. The van der Waals surface area contributed by atoms with E-state index >= 15 is 0 Å². The molecule has 4 rings (SSSR count). The molecule has 2 aromatic rings. The number of benzene rings is 2. The first-order valence-electron chi connectivity index (χ1n) is 12.3. The van der Waals surface area contributed by atoms with Gasteiger partial charge in [0.15, 0.2) is 0 Å². The summed E-state index contributed by atoms with van der Waals surface area (Å²) >= 11 is 0. The van der Waals surface area contributed by atoms with Crippen LogP contribution in [0.5, 0.6) is 0 Å². The van der Waals surface area contributed by atoms with Crippen LogP contribution in [0, 0.1) is 5.92 Å². The summed E-state index contributed by atoms with van der Waals surface area (Å²) in [4.78, 5) is 29.5. The highest BCUT2D eigenvalue weighted by atomic mass is 16.2. The lowest BCUT2D eigenvalue weighted by Crippen LogP contribution is -2.46. The number of anilines is 2. The fraction of sp³-hybridized carbons (Fsp3) is 0.481. The van der Waals surface area contributed by atoms with Gasteiger partial charge in [-0.3, -0.25) is 4.79 Å². The summed E-state index contributed by atoms with van der Waals surface area (Å²) in [7, 11) is 2.19. The second-order valence-electron chi connectivity index (χ2n) is 9.37. The largest absolute Gasteiger partial charge is 0.372 e. The minimum Gasteiger partial charge on any atom is -0.372 e. The van der Waals surface area contributed by atoms with E-state index in [0.717, 1.165) is 24.1 Å². The highest BCUT2D eigenvalue weighted by Gasteiger charge is 2.28. The van der Waals surface area contributed by atoms with Gasteiger partial charge >= 0.3 is 6.03 Å². The molecule has 1 atom stereocenters. The maximum atomic E-state index is 12.8. The molecule has 0 radical (unpaired) electrons. The number of hydrogen-bond donors (Lipinski definition) is 2. The molecule has 2 aromatic carbocycles. The molecule has 1 heterocycles. The van der Waals surface area contributed by atoms with Crippen molar-refractivity contribution < 1.29 is 9.59 Å². The van der Waals surface area contributed by atoms with Crippen LogP contribution in [0.15, 0.2) is 54.6 Å². The Balaban J connectivity index is 1.25. The van der Waals surface area contributed by atoms with Gasteiger partial charge in [-0.1, -0.05) is 49.6 Å². The van der Waals surface area contributed by atoms with Gasteiger partial charge in [0.25, 0.3) is 0 Å². The van der Waals surface area contributed by atoms with Gasteiger partial charge in [-0.2, -0.15) is 0 Å². The molecule has 6 nitrogen and oxygen atoms in total. The van der Waals surface area contributed by atoms with E-state index < -0.39 is 0 Å². The van der Waals surface area contributed by atoms with E-state index in [1.54, 1.807) is 4.90 Å². The summed E-state index contributed by atoms with van der Waals surface area (Å²) in [5.41, 5.74) is 3.11. The number of piperidine rings is 1. The van der Waals surface area contributed by atoms with E-state index in [0.29, 0.717) is 25.7 Å². The third kappa shape index (κ3) is 6.28. The lowest BCUT2D eigenvalue weighted by atomic mass is 9.94. The highest BCUT2D eigenvalue weighted by Crippen LogP contribution is 2.26. The molecule has 6 heteroatoms. The topological polar surface area (TPSA) is 64.7 Å². The predicted octanol–water partition coefficient (Wildman–Crippen LogP) is 5.02. The second kappa shape index (κ2) is 11.2. The number of likely N-dealkylation sites (tertiary alicyclic amines) is 1. The molecule has 1 aliphatic carbocycles. The van der Waals surface area contributed by atoms with Gasteiger partial charge in [-0.15, -0.1) is 0 Å². The fourth-order valence-corrected chi connectivity index (χ4v) is 4.96. The van der Waals surface area contributed by atoms with Crippen molar-refractivity contribution in [1.29, 1.82) is 0 Å². The Hall–Kier alpha value is -3.02. The molecule has 3 amide bonds. The maximum Gasteiger partial charge on any atom is 0.321 e. The van der Waals surface area contributed by atoms with E-state index in [1.807, 2.05) is 30.3 Å². The van der Waals surface area contributed by atoms with E-state index in [-0.39, 0.29) is 17.9 Å². The molecular weight excluding hydrogens is 412 g/mol. The van der Waals surface area contributed by atoms with Crippen LogP contribution in [0.1, 0.15) is 50.5 Å². The maximum absolute atomic E-state index is 12.8. The van der Waals surface area contributed by atoms with Gasteiger partial charge in [0.2, 0.25) is 5.91 Å². The molecule has 0 bridgehead atoms. The average Bonchev–Trinajstić information content (AvgIpc) is 2.88. The van der Waals surface area contributed by atoms with Gasteiger partial charge in [0.05, 0.1) is 5.92 Å². The summed E-state index contributed by atoms with van der Waals surface area (Å²) in [5.74, 6) is -0.146. The zero-order chi connectivity index (χ0) is 23.0. The lowest BCUT2D eigenvalue weighted by molar-refractivity contribution is -0.126. The fourth-order valence-electron chi connectivity index (χ4n) is 4.96. The summed E-state index contributed by atoms with van der Waals surface area (Å²) < 4.78 is 0. The SMILES string of the molecule is CN(c1ccc(CNC(=O)C2CCCN(C(=O)Nc3ccccc3)C2)cc1)C1CCCCC1. The zero-order valence-electron chi connectivity index (χ0n) is 19.6. The number of amides is 3. The number of nitrogens with one attached hydrogen (secondary N) is 2. The summed E-state index contributed by atoms with van der Waals surface area (Å²) in [6, 6.07) is 18.5. The van der Waals surface area contributed by atoms with E-state index in [9.17, 15) is 9.59 Å². The Morgan fingerprint density at radius 1 is 0.939 bits per heavy atom. The van der Waals surface area contributed by atoms with Crippen LogP contribution in [-0.2, 0) is 11.3 Å². The Morgan fingerprint density at radius 3 is 2.39 bits per heavy atom. The van der Waals surface area contributed by atoms with Crippen molar-refractivity contribution in [2.75, 3.05) is 30.4 Å². The Kier molecular flexibility index (Phi) is 7.87. The van der Waals surface area contributed by atoms with Crippen molar-refractivity contribution in [1.82, 2.24) is 10.2 Å². The second-order valence-corrected chi connectivity index (χ2v) is 9.37. The number of rotatable bonds is 6. The molecule has 2 N–H and O–H groups in total. The van der Waals surface area contributed by atoms with Gasteiger partial charge in [-0.25, -0.2) is 4.79 Å². The van der Waals surface area contributed by atoms with Crippen LogP contribution in [-0.4, -0.2) is 43.0 Å². The van der Waals surface area contributed by atoms with Crippen molar-refractivity contribution in [3.05, 3.63) is 60.2 Å². The molecule has 1 unspecified atom stereocenters. The predicted molar refractivity (Wildman–Crippen MR) is 133 cm³/mol. The van der Waals surface area contributed by atoms with E-state index in [4.69, 9.17) is 0 Å². The minimum atomic E-state index is -0.169. The van der Waals surface area contributed by atoms with Crippen LogP contribution in [0.4, 0.5) is 16.2 Å². The van der Waals surface area contributed by atoms with Crippen molar-refractivity contribution in [3.8, 4) is 0 Å². The molecule has 1 aliphatic heterocycles. The van der Waals surface area contributed by atoms with Crippen LogP contribution in [0.3, 0.4) is 0 Å². The quantitative estimate of drug-likeness (QED) is 0.652. The smallest absolute Gasteiger partial charge is 0.321 e. The van der Waals surface area contributed by atoms with Gasteiger partial charge in [0, 0.05) is 44.1 Å². The monoisotopic (exact) mass is 448 g/mol. The number of para-hydroxylation sites is 1. The van der Waals surface area contributed by atoms with Crippen LogP contribution in [0.25, 0.3) is 0 Å².